The minimum atomic E-state index is 0.474. The van der Waals surface area contributed by atoms with Crippen LogP contribution in [0.2, 0.25) is 0 Å². The van der Waals surface area contributed by atoms with Crippen molar-refractivity contribution in [3.05, 3.63) is 47.6 Å². The van der Waals surface area contributed by atoms with Crippen LogP contribution in [0.3, 0.4) is 0 Å². The highest BCUT2D eigenvalue weighted by Crippen LogP contribution is 2.66. The molecule has 1 fully saturated rings. The molecule has 1 saturated carbocycles. The summed E-state index contributed by atoms with van der Waals surface area (Å²) in [6.45, 7) is 2.33. The van der Waals surface area contributed by atoms with Gasteiger partial charge in [0.15, 0.2) is 0 Å². The molecule has 0 N–H and O–H groups in total. The van der Waals surface area contributed by atoms with Crippen molar-refractivity contribution in [1.82, 2.24) is 0 Å². The predicted molar refractivity (Wildman–Crippen MR) is 64.5 cm³/mol. The highest BCUT2D eigenvalue weighted by atomic mass is 14.6. The molecule has 3 aliphatic carbocycles. The van der Waals surface area contributed by atoms with Gasteiger partial charge in [0.05, 0.1) is 0 Å². The Bertz CT molecular complexity index is 360. The maximum Gasteiger partial charge on any atom is 0.0164 e. The topological polar surface area (TPSA) is 0 Å². The summed E-state index contributed by atoms with van der Waals surface area (Å²) in [5, 5.41) is 0. The molecule has 0 heterocycles. The Labute approximate surface area is 92.1 Å². The lowest BCUT2D eigenvalue weighted by Gasteiger charge is -2.21. The summed E-state index contributed by atoms with van der Waals surface area (Å²) < 4.78 is 0. The molecule has 1 atom stereocenters. The molecule has 15 heavy (non-hydrogen) atoms. The molecule has 0 radical (unpaired) electrons. The Kier molecular flexibility index (Phi) is 1.98. The molecule has 0 aromatic heterocycles. The number of hydrogen-bond donors (Lipinski definition) is 0. The number of rotatable bonds is 3. The SMILES string of the molecule is CCC1CC1(C1=CC=CC1)C1=CC=CC1. The van der Waals surface area contributed by atoms with Crippen molar-refractivity contribution < 1.29 is 0 Å². The Balaban J connectivity index is 1.91. The van der Waals surface area contributed by atoms with Crippen LogP contribution in [0, 0.1) is 11.3 Å². The van der Waals surface area contributed by atoms with E-state index in [-0.39, 0.29) is 0 Å². The molecule has 0 aromatic carbocycles. The smallest absolute Gasteiger partial charge is 0.0164 e. The first-order chi connectivity index (χ1) is 7.38. The van der Waals surface area contributed by atoms with Crippen molar-refractivity contribution in [3.63, 3.8) is 0 Å². The standard InChI is InChI=1S/C15H18/c1-2-12-11-15(12,13-7-3-4-8-13)14-9-5-6-10-14/h3-7,9,12H,2,8,10-11H2,1H3. The third-order valence-corrected chi connectivity index (χ3v) is 4.29. The van der Waals surface area contributed by atoms with Gasteiger partial charge >= 0.3 is 0 Å². The monoisotopic (exact) mass is 198 g/mol. The third kappa shape index (κ3) is 1.20. The van der Waals surface area contributed by atoms with Crippen molar-refractivity contribution in [2.75, 3.05) is 0 Å². The average Bonchev–Trinajstić information content (AvgIpc) is 2.76. The van der Waals surface area contributed by atoms with Gasteiger partial charge in [-0.25, -0.2) is 0 Å². The number of hydrogen-bond acceptors (Lipinski definition) is 0. The summed E-state index contributed by atoms with van der Waals surface area (Å²) in [5.74, 6) is 0.912. The van der Waals surface area contributed by atoms with Gasteiger partial charge in [0.25, 0.3) is 0 Å². The van der Waals surface area contributed by atoms with Crippen LogP contribution in [0.25, 0.3) is 0 Å². The normalized spacial score (nSPS) is 30.6. The van der Waals surface area contributed by atoms with Gasteiger partial charge in [0.1, 0.15) is 0 Å². The van der Waals surface area contributed by atoms with E-state index in [1.165, 1.54) is 25.7 Å². The van der Waals surface area contributed by atoms with E-state index in [1.54, 1.807) is 11.1 Å². The van der Waals surface area contributed by atoms with Gasteiger partial charge in [-0.1, -0.05) is 60.9 Å². The zero-order valence-corrected chi connectivity index (χ0v) is 9.37. The maximum absolute atomic E-state index is 2.36. The molecule has 0 amide bonds. The third-order valence-electron chi connectivity index (χ3n) is 4.29. The minimum Gasteiger partial charge on any atom is -0.0804 e. The largest absolute Gasteiger partial charge is 0.0804 e. The summed E-state index contributed by atoms with van der Waals surface area (Å²) >= 11 is 0. The highest BCUT2D eigenvalue weighted by molar-refractivity contribution is 5.47. The fourth-order valence-electron chi connectivity index (χ4n) is 3.37. The lowest BCUT2D eigenvalue weighted by Crippen LogP contribution is -2.10. The maximum atomic E-state index is 2.36. The molecule has 1 unspecified atom stereocenters. The molecule has 3 rings (SSSR count). The molecule has 0 saturated heterocycles. The fraction of sp³-hybridized carbons (Fsp3) is 0.467. The molecule has 0 aliphatic heterocycles. The van der Waals surface area contributed by atoms with Crippen molar-refractivity contribution >= 4 is 0 Å². The van der Waals surface area contributed by atoms with Gasteiger partial charge in [-0.2, -0.15) is 0 Å². The van der Waals surface area contributed by atoms with E-state index in [1.807, 2.05) is 0 Å². The van der Waals surface area contributed by atoms with Crippen molar-refractivity contribution in [3.8, 4) is 0 Å². The van der Waals surface area contributed by atoms with Gasteiger partial charge in [0, 0.05) is 5.41 Å². The van der Waals surface area contributed by atoms with Crippen molar-refractivity contribution in [2.45, 2.75) is 32.6 Å². The second-order valence-electron chi connectivity index (χ2n) is 4.93. The van der Waals surface area contributed by atoms with E-state index >= 15 is 0 Å². The Morgan fingerprint density at radius 3 is 2.07 bits per heavy atom. The van der Waals surface area contributed by atoms with Gasteiger partial charge < -0.3 is 0 Å². The summed E-state index contributed by atoms with van der Waals surface area (Å²) in [6.07, 6.45) is 18.9. The van der Waals surface area contributed by atoms with Crippen LogP contribution < -0.4 is 0 Å². The van der Waals surface area contributed by atoms with Crippen LogP contribution in [0.5, 0.6) is 0 Å². The van der Waals surface area contributed by atoms with Crippen LogP contribution in [0.4, 0.5) is 0 Å². The first-order valence-electron chi connectivity index (χ1n) is 6.10. The van der Waals surface area contributed by atoms with Crippen LogP contribution in [-0.4, -0.2) is 0 Å². The Hall–Kier alpha value is -1.04. The number of allylic oxidation sites excluding steroid dienone is 8. The fourth-order valence-corrected chi connectivity index (χ4v) is 3.37. The first-order valence-corrected chi connectivity index (χ1v) is 6.10. The minimum absolute atomic E-state index is 0.474. The van der Waals surface area contributed by atoms with Crippen LogP contribution in [0.1, 0.15) is 32.6 Å². The molecule has 0 bridgehead atoms. The average molecular weight is 198 g/mol. The second-order valence-corrected chi connectivity index (χ2v) is 4.93. The van der Waals surface area contributed by atoms with E-state index in [2.05, 4.69) is 43.4 Å². The van der Waals surface area contributed by atoms with Crippen LogP contribution in [0.15, 0.2) is 47.6 Å². The van der Waals surface area contributed by atoms with Gasteiger partial charge in [-0.3, -0.25) is 0 Å². The van der Waals surface area contributed by atoms with Crippen molar-refractivity contribution in [2.24, 2.45) is 11.3 Å². The molecule has 78 valence electrons. The van der Waals surface area contributed by atoms with Gasteiger partial charge in [-0.05, 0) is 25.2 Å². The van der Waals surface area contributed by atoms with E-state index in [9.17, 15) is 0 Å². The molecular weight excluding hydrogens is 180 g/mol. The quantitative estimate of drug-likeness (QED) is 0.638. The zero-order chi connectivity index (χ0) is 10.3. The lowest BCUT2D eigenvalue weighted by atomic mass is 9.83. The summed E-state index contributed by atoms with van der Waals surface area (Å²) in [6, 6.07) is 0. The van der Waals surface area contributed by atoms with Gasteiger partial charge in [-0.15, -0.1) is 0 Å². The van der Waals surface area contributed by atoms with Crippen LogP contribution in [-0.2, 0) is 0 Å². The lowest BCUT2D eigenvalue weighted by molar-refractivity contribution is 0.589. The summed E-state index contributed by atoms with van der Waals surface area (Å²) in [5.41, 5.74) is 3.82. The summed E-state index contributed by atoms with van der Waals surface area (Å²) in [7, 11) is 0. The second kappa shape index (κ2) is 3.23. The first kappa shape index (κ1) is 9.21. The molecule has 0 spiro atoms. The van der Waals surface area contributed by atoms with E-state index in [4.69, 9.17) is 0 Å². The van der Waals surface area contributed by atoms with E-state index < -0.39 is 0 Å². The predicted octanol–water partition coefficient (Wildman–Crippen LogP) is 4.18. The summed E-state index contributed by atoms with van der Waals surface area (Å²) in [4.78, 5) is 0. The zero-order valence-electron chi connectivity index (χ0n) is 9.37. The molecule has 0 aromatic rings. The Morgan fingerprint density at radius 2 is 1.73 bits per heavy atom. The highest BCUT2D eigenvalue weighted by Gasteiger charge is 2.56. The molecule has 0 heteroatoms. The molecule has 0 nitrogen and oxygen atoms in total. The molecular formula is C15H18. The van der Waals surface area contributed by atoms with E-state index in [0.29, 0.717) is 5.41 Å². The van der Waals surface area contributed by atoms with Crippen LogP contribution >= 0.6 is 0 Å². The Morgan fingerprint density at radius 1 is 1.13 bits per heavy atom. The van der Waals surface area contributed by atoms with Gasteiger partial charge in [0.2, 0.25) is 0 Å². The van der Waals surface area contributed by atoms with E-state index in [0.717, 1.165) is 5.92 Å². The van der Waals surface area contributed by atoms with Crippen molar-refractivity contribution in [1.29, 1.82) is 0 Å². The molecule has 3 aliphatic rings.